The van der Waals surface area contributed by atoms with Crippen molar-refractivity contribution in [2.45, 2.75) is 38.6 Å². The molecule has 2 atom stereocenters. The lowest BCUT2D eigenvalue weighted by molar-refractivity contribution is -0.926. The van der Waals surface area contributed by atoms with Crippen LogP contribution in [0.15, 0.2) is 24.3 Å². The number of ether oxygens (including phenoxy) is 2. The minimum absolute atomic E-state index is 0.101. The van der Waals surface area contributed by atoms with Gasteiger partial charge >= 0.3 is 5.97 Å². The molecule has 1 aliphatic rings. The van der Waals surface area contributed by atoms with Crippen molar-refractivity contribution in [2.24, 2.45) is 5.73 Å². The molecule has 0 aliphatic carbocycles. The van der Waals surface area contributed by atoms with Gasteiger partial charge in [-0.05, 0) is 43.9 Å². The van der Waals surface area contributed by atoms with E-state index in [0.717, 1.165) is 55.6 Å². The molecule has 1 saturated heterocycles. The number of esters is 1. The van der Waals surface area contributed by atoms with Crippen LogP contribution < -0.4 is 10.5 Å². The van der Waals surface area contributed by atoms with E-state index in [0.29, 0.717) is 13.2 Å². The summed E-state index contributed by atoms with van der Waals surface area (Å²) in [6.45, 7) is 5.61. The number of hydrogen-bond donors (Lipinski definition) is 1. The molecule has 5 heteroatoms. The highest BCUT2D eigenvalue weighted by Gasteiger charge is 2.35. The zero-order valence-corrected chi connectivity index (χ0v) is 15.0. The molecule has 1 aromatic rings. The predicted molar refractivity (Wildman–Crippen MR) is 94.9 cm³/mol. The number of rotatable bonds is 8. The predicted octanol–water partition coefficient (Wildman–Crippen LogP) is 2.13. The Morgan fingerprint density at radius 1 is 1.33 bits per heavy atom. The van der Waals surface area contributed by atoms with Gasteiger partial charge in [0.25, 0.3) is 0 Å². The summed E-state index contributed by atoms with van der Waals surface area (Å²) in [5, 5.41) is 0. The van der Waals surface area contributed by atoms with Crippen LogP contribution in [-0.4, -0.2) is 56.4 Å². The number of piperidine rings is 1. The molecule has 1 aromatic carbocycles. The first-order valence-corrected chi connectivity index (χ1v) is 8.96. The Labute approximate surface area is 145 Å². The van der Waals surface area contributed by atoms with Crippen LogP contribution in [0.1, 0.15) is 31.7 Å². The van der Waals surface area contributed by atoms with Crippen LogP contribution in [0.3, 0.4) is 0 Å². The molecule has 1 fully saturated rings. The number of carbonyl (C=O) groups excluding carboxylic acids is 1. The maximum Gasteiger partial charge on any atom is 0.361 e. The van der Waals surface area contributed by atoms with E-state index in [9.17, 15) is 4.79 Å². The van der Waals surface area contributed by atoms with E-state index >= 15 is 0 Å². The first-order valence-electron chi connectivity index (χ1n) is 8.96. The van der Waals surface area contributed by atoms with E-state index in [1.54, 1.807) is 7.11 Å². The third-order valence-electron chi connectivity index (χ3n) is 4.86. The average molecular weight is 335 g/mol. The number of aryl methyl sites for hydroxylation is 1. The van der Waals surface area contributed by atoms with Gasteiger partial charge in [-0.1, -0.05) is 12.1 Å². The Morgan fingerprint density at radius 2 is 2.08 bits per heavy atom. The number of likely N-dealkylation sites (tertiary alicyclic amines) is 1. The van der Waals surface area contributed by atoms with Crippen molar-refractivity contribution in [3.63, 3.8) is 0 Å². The van der Waals surface area contributed by atoms with Crippen LogP contribution in [0.4, 0.5) is 0 Å². The van der Waals surface area contributed by atoms with Crippen LogP contribution in [0.5, 0.6) is 5.75 Å². The van der Waals surface area contributed by atoms with Gasteiger partial charge in [-0.25, -0.2) is 4.79 Å². The molecule has 0 amide bonds. The standard InChI is InChI=1S/C19H31N2O3/c1-3-24-19(22)15-21(13-5-7-17(20)14-21)12-4-6-16-8-10-18(23-2)11-9-16/h8-11,17H,3-7,12-15,20H2,1-2H3/q+1. The number of methoxy groups -OCH3 is 1. The Kier molecular flexibility index (Phi) is 7.06. The van der Waals surface area contributed by atoms with E-state index in [4.69, 9.17) is 15.2 Å². The van der Waals surface area contributed by atoms with Crippen molar-refractivity contribution in [3.05, 3.63) is 29.8 Å². The number of nitrogens with zero attached hydrogens (tertiary/aromatic N) is 1. The number of hydrogen-bond acceptors (Lipinski definition) is 4. The smallest absolute Gasteiger partial charge is 0.361 e. The molecule has 2 unspecified atom stereocenters. The molecule has 2 N–H and O–H groups in total. The third-order valence-corrected chi connectivity index (χ3v) is 4.86. The molecule has 0 aromatic heterocycles. The SMILES string of the molecule is CCOC(=O)C[N+]1(CCCc2ccc(OC)cc2)CCCC(N)C1. The molecule has 1 heterocycles. The number of quaternary nitrogens is 1. The van der Waals surface area contributed by atoms with Crippen molar-refractivity contribution in [2.75, 3.05) is 39.9 Å². The Bertz CT molecular complexity index is 518. The fourth-order valence-electron chi connectivity index (χ4n) is 3.69. The summed E-state index contributed by atoms with van der Waals surface area (Å²) in [5.74, 6) is 0.780. The molecule has 1 aliphatic heterocycles. The van der Waals surface area contributed by atoms with E-state index in [1.165, 1.54) is 5.56 Å². The van der Waals surface area contributed by atoms with Gasteiger partial charge in [-0.15, -0.1) is 0 Å². The van der Waals surface area contributed by atoms with Crippen molar-refractivity contribution in [1.82, 2.24) is 0 Å². The maximum absolute atomic E-state index is 12.0. The molecule has 0 radical (unpaired) electrons. The van der Waals surface area contributed by atoms with Crippen LogP contribution in [0, 0.1) is 0 Å². The van der Waals surface area contributed by atoms with Gasteiger partial charge in [-0.3, -0.25) is 0 Å². The monoisotopic (exact) mass is 335 g/mol. The van der Waals surface area contributed by atoms with Crippen molar-refractivity contribution in [3.8, 4) is 5.75 Å². The number of carbonyl (C=O) groups is 1. The van der Waals surface area contributed by atoms with Gasteiger partial charge in [0.05, 0.1) is 39.4 Å². The van der Waals surface area contributed by atoms with E-state index in [1.807, 2.05) is 19.1 Å². The van der Waals surface area contributed by atoms with Gasteiger partial charge in [0.15, 0.2) is 6.54 Å². The number of nitrogens with two attached hydrogens (primary N) is 1. The van der Waals surface area contributed by atoms with E-state index in [-0.39, 0.29) is 12.0 Å². The summed E-state index contributed by atoms with van der Waals surface area (Å²) in [6.07, 6.45) is 4.19. The van der Waals surface area contributed by atoms with Crippen molar-refractivity contribution >= 4 is 5.97 Å². The molecular weight excluding hydrogens is 304 g/mol. The summed E-state index contributed by atoms with van der Waals surface area (Å²) in [7, 11) is 1.68. The Morgan fingerprint density at radius 3 is 2.71 bits per heavy atom. The fraction of sp³-hybridized carbons (Fsp3) is 0.632. The fourth-order valence-corrected chi connectivity index (χ4v) is 3.69. The molecule has 134 valence electrons. The Balaban J connectivity index is 1.93. The van der Waals surface area contributed by atoms with E-state index in [2.05, 4.69) is 12.1 Å². The van der Waals surface area contributed by atoms with Gasteiger partial charge in [0.2, 0.25) is 0 Å². The average Bonchev–Trinajstić information content (AvgIpc) is 2.55. The summed E-state index contributed by atoms with van der Waals surface area (Å²) in [6, 6.07) is 8.39. The summed E-state index contributed by atoms with van der Waals surface area (Å²) in [5.41, 5.74) is 7.49. The highest BCUT2D eigenvalue weighted by molar-refractivity contribution is 5.70. The number of benzene rings is 1. The lowest BCUT2D eigenvalue weighted by Crippen LogP contribution is -2.60. The quantitative estimate of drug-likeness (QED) is 0.584. The highest BCUT2D eigenvalue weighted by atomic mass is 16.5. The molecular formula is C19H31N2O3+. The molecule has 5 nitrogen and oxygen atoms in total. The van der Waals surface area contributed by atoms with Gasteiger partial charge < -0.3 is 19.7 Å². The summed E-state index contributed by atoms with van der Waals surface area (Å²) >= 11 is 0. The van der Waals surface area contributed by atoms with Gasteiger partial charge in [0.1, 0.15) is 5.75 Å². The first-order chi connectivity index (χ1) is 11.6. The zero-order chi connectivity index (χ0) is 17.4. The normalized spacial score (nSPS) is 23.7. The largest absolute Gasteiger partial charge is 0.497 e. The second-order valence-electron chi connectivity index (χ2n) is 6.79. The Hall–Kier alpha value is -1.59. The summed E-state index contributed by atoms with van der Waals surface area (Å²) < 4.78 is 11.2. The second kappa shape index (κ2) is 9.04. The molecule has 0 bridgehead atoms. The van der Waals surface area contributed by atoms with Gasteiger partial charge in [0, 0.05) is 6.42 Å². The minimum atomic E-state index is -0.101. The topological polar surface area (TPSA) is 61.5 Å². The van der Waals surface area contributed by atoms with Crippen LogP contribution in [0.2, 0.25) is 0 Å². The molecule has 0 saturated carbocycles. The lowest BCUT2D eigenvalue weighted by atomic mass is 10.0. The van der Waals surface area contributed by atoms with Crippen LogP contribution >= 0.6 is 0 Å². The summed E-state index contributed by atoms with van der Waals surface area (Å²) in [4.78, 5) is 12.0. The molecule has 24 heavy (non-hydrogen) atoms. The highest BCUT2D eigenvalue weighted by Crippen LogP contribution is 2.21. The minimum Gasteiger partial charge on any atom is -0.497 e. The molecule has 2 rings (SSSR count). The molecule has 0 spiro atoms. The second-order valence-corrected chi connectivity index (χ2v) is 6.79. The van der Waals surface area contributed by atoms with E-state index < -0.39 is 0 Å². The van der Waals surface area contributed by atoms with Crippen LogP contribution in [0.25, 0.3) is 0 Å². The lowest BCUT2D eigenvalue weighted by Gasteiger charge is -2.43. The van der Waals surface area contributed by atoms with Crippen molar-refractivity contribution < 1.29 is 18.8 Å². The first kappa shape index (κ1) is 18.7. The maximum atomic E-state index is 12.0. The third kappa shape index (κ3) is 5.49. The van der Waals surface area contributed by atoms with Crippen molar-refractivity contribution in [1.29, 1.82) is 0 Å². The van der Waals surface area contributed by atoms with Gasteiger partial charge in [-0.2, -0.15) is 0 Å². The van der Waals surface area contributed by atoms with Crippen LogP contribution in [-0.2, 0) is 16.0 Å². The zero-order valence-electron chi connectivity index (χ0n) is 15.0.